The van der Waals surface area contributed by atoms with E-state index in [4.69, 9.17) is 0 Å². The summed E-state index contributed by atoms with van der Waals surface area (Å²) in [5.41, 5.74) is 5.27. The van der Waals surface area contributed by atoms with Gasteiger partial charge in [-0.25, -0.2) is 0 Å². The number of aryl methyl sites for hydroxylation is 2. The van der Waals surface area contributed by atoms with Crippen LogP contribution in [0.5, 0.6) is 0 Å². The van der Waals surface area contributed by atoms with Crippen molar-refractivity contribution < 1.29 is 0 Å². The van der Waals surface area contributed by atoms with E-state index in [0.717, 1.165) is 12.3 Å². The van der Waals surface area contributed by atoms with Crippen molar-refractivity contribution in [1.29, 1.82) is 0 Å². The summed E-state index contributed by atoms with van der Waals surface area (Å²) >= 11 is 1.88. The molecule has 0 atom stereocenters. The van der Waals surface area contributed by atoms with Gasteiger partial charge in [0.05, 0.1) is 0 Å². The highest BCUT2D eigenvalue weighted by molar-refractivity contribution is 7.99. The maximum atomic E-state index is 3.55. The van der Waals surface area contributed by atoms with Crippen LogP contribution in [0.2, 0.25) is 0 Å². The fourth-order valence-electron chi connectivity index (χ4n) is 2.13. The lowest BCUT2D eigenvalue weighted by molar-refractivity contribution is 1.10. The highest BCUT2D eigenvalue weighted by atomic mass is 32.2. The van der Waals surface area contributed by atoms with Gasteiger partial charge in [-0.3, -0.25) is 0 Å². The largest absolute Gasteiger partial charge is 0.380 e. The van der Waals surface area contributed by atoms with Gasteiger partial charge in [-0.1, -0.05) is 42.8 Å². The van der Waals surface area contributed by atoms with E-state index in [1.165, 1.54) is 27.3 Å². The molecule has 1 nitrogen and oxygen atoms in total. The Bertz CT molecular complexity index is 549. The van der Waals surface area contributed by atoms with Gasteiger partial charge in [-0.15, -0.1) is 11.8 Å². The molecule has 0 aromatic heterocycles. The predicted octanol–water partition coefficient (Wildman–Crippen LogP) is 5.03. The first-order chi connectivity index (χ1) is 9.20. The van der Waals surface area contributed by atoms with Crippen LogP contribution in [0.25, 0.3) is 0 Å². The number of para-hydroxylation sites is 1. The first kappa shape index (κ1) is 14.0. The fraction of sp³-hybridized carbons (Fsp3) is 0.294. The molecule has 0 saturated carbocycles. The van der Waals surface area contributed by atoms with Gasteiger partial charge in [0.15, 0.2) is 0 Å². The molecule has 0 heterocycles. The number of thioether (sulfide) groups is 1. The zero-order chi connectivity index (χ0) is 13.7. The average Bonchev–Trinajstić information content (AvgIpc) is 2.40. The minimum Gasteiger partial charge on any atom is -0.380 e. The summed E-state index contributed by atoms with van der Waals surface area (Å²) in [7, 11) is 0. The van der Waals surface area contributed by atoms with Gasteiger partial charge in [-0.05, 0) is 42.9 Å². The van der Waals surface area contributed by atoms with Crippen molar-refractivity contribution in [2.75, 3.05) is 11.1 Å². The quantitative estimate of drug-likeness (QED) is 0.766. The third-order valence-corrected chi connectivity index (χ3v) is 4.11. The second-order valence-electron chi connectivity index (χ2n) is 4.71. The van der Waals surface area contributed by atoms with E-state index >= 15 is 0 Å². The summed E-state index contributed by atoms with van der Waals surface area (Å²) in [5.74, 6) is 1.10. The molecule has 2 aromatic carbocycles. The van der Waals surface area contributed by atoms with Crippen LogP contribution in [-0.4, -0.2) is 5.75 Å². The maximum absolute atomic E-state index is 3.55. The summed E-state index contributed by atoms with van der Waals surface area (Å²) in [6.07, 6.45) is 0. The first-order valence-corrected chi connectivity index (χ1v) is 7.71. The summed E-state index contributed by atoms with van der Waals surface area (Å²) in [6.45, 7) is 7.38. The molecule has 2 heteroatoms. The highest BCUT2D eigenvalue weighted by Crippen LogP contribution is 2.27. The van der Waals surface area contributed by atoms with Gasteiger partial charge in [0.2, 0.25) is 0 Å². The van der Waals surface area contributed by atoms with Gasteiger partial charge in [-0.2, -0.15) is 0 Å². The van der Waals surface area contributed by atoms with Crippen molar-refractivity contribution in [3.8, 4) is 0 Å². The Morgan fingerprint density at radius 3 is 2.58 bits per heavy atom. The third-order valence-electron chi connectivity index (χ3n) is 3.15. The van der Waals surface area contributed by atoms with Crippen LogP contribution >= 0.6 is 11.8 Å². The number of nitrogens with one attached hydrogen (secondary N) is 1. The van der Waals surface area contributed by atoms with Gasteiger partial charge >= 0.3 is 0 Å². The molecule has 0 saturated heterocycles. The molecule has 2 aromatic rings. The van der Waals surface area contributed by atoms with Gasteiger partial charge in [0, 0.05) is 17.1 Å². The van der Waals surface area contributed by atoms with Crippen molar-refractivity contribution in [3.05, 3.63) is 59.2 Å². The molecular formula is C17H21NS. The fourth-order valence-corrected chi connectivity index (χ4v) is 2.91. The molecule has 0 radical (unpaired) electrons. The lowest BCUT2D eigenvalue weighted by atomic mass is 10.1. The number of anilines is 1. The minimum absolute atomic E-state index is 0.882. The van der Waals surface area contributed by atoms with E-state index < -0.39 is 0 Å². The molecular weight excluding hydrogens is 250 g/mol. The van der Waals surface area contributed by atoms with E-state index in [-0.39, 0.29) is 0 Å². The molecule has 1 N–H and O–H groups in total. The van der Waals surface area contributed by atoms with E-state index in [1.807, 2.05) is 11.8 Å². The molecule has 19 heavy (non-hydrogen) atoms. The van der Waals surface area contributed by atoms with Crippen molar-refractivity contribution in [2.24, 2.45) is 0 Å². The lowest BCUT2D eigenvalue weighted by Gasteiger charge is -2.13. The molecule has 0 fully saturated rings. The molecule has 0 aliphatic rings. The zero-order valence-corrected chi connectivity index (χ0v) is 12.7. The van der Waals surface area contributed by atoms with E-state index in [1.54, 1.807) is 0 Å². The lowest BCUT2D eigenvalue weighted by Crippen LogP contribution is -2.02. The molecule has 0 aliphatic heterocycles. The van der Waals surface area contributed by atoms with Crippen molar-refractivity contribution >= 4 is 17.4 Å². The van der Waals surface area contributed by atoms with Gasteiger partial charge < -0.3 is 5.32 Å². The zero-order valence-electron chi connectivity index (χ0n) is 11.9. The van der Waals surface area contributed by atoms with E-state index in [9.17, 15) is 0 Å². The van der Waals surface area contributed by atoms with Crippen molar-refractivity contribution in [3.63, 3.8) is 0 Å². The third kappa shape index (κ3) is 3.77. The Balaban J connectivity index is 2.10. The predicted molar refractivity (Wildman–Crippen MR) is 86.1 cm³/mol. The number of benzene rings is 2. The van der Waals surface area contributed by atoms with Crippen molar-refractivity contribution in [1.82, 2.24) is 0 Å². The Morgan fingerprint density at radius 2 is 1.84 bits per heavy atom. The van der Waals surface area contributed by atoms with Crippen LogP contribution in [0.15, 0.2) is 47.4 Å². The van der Waals surface area contributed by atoms with Crippen LogP contribution < -0.4 is 5.32 Å². The molecule has 0 unspecified atom stereocenters. The Morgan fingerprint density at radius 1 is 1.05 bits per heavy atom. The molecule has 0 amide bonds. The van der Waals surface area contributed by atoms with E-state index in [0.29, 0.717) is 0 Å². The van der Waals surface area contributed by atoms with Crippen molar-refractivity contribution in [2.45, 2.75) is 32.2 Å². The minimum atomic E-state index is 0.882. The first-order valence-electron chi connectivity index (χ1n) is 6.72. The SMILES string of the molecule is CCSc1ccccc1NCc1ccc(C)cc1C. The average molecular weight is 271 g/mol. The standard InChI is InChI=1S/C17H21NS/c1-4-19-17-8-6-5-7-16(17)18-12-15-10-9-13(2)11-14(15)3/h5-11,18H,4,12H2,1-3H3. The Kier molecular flexibility index (Phi) is 4.92. The topological polar surface area (TPSA) is 12.0 Å². The molecule has 2 rings (SSSR count). The second kappa shape index (κ2) is 6.67. The van der Waals surface area contributed by atoms with Crippen LogP contribution in [0.4, 0.5) is 5.69 Å². The van der Waals surface area contributed by atoms with E-state index in [2.05, 4.69) is 68.6 Å². The summed E-state index contributed by atoms with van der Waals surface area (Å²) < 4.78 is 0. The van der Waals surface area contributed by atoms with Crippen LogP contribution in [0.1, 0.15) is 23.6 Å². The Hall–Kier alpha value is -1.41. The molecule has 100 valence electrons. The number of rotatable bonds is 5. The van der Waals surface area contributed by atoms with Crippen LogP contribution in [0.3, 0.4) is 0 Å². The Labute approximate surface area is 120 Å². The summed E-state index contributed by atoms with van der Waals surface area (Å²) in [5, 5.41) is 3.55. The normalized spacial score (nSPS) is 10.5. The highest BCUT2D eigenvalue weighted by Gasteiger charge is 2.02. The molecule has 0 spiro atoms. The number of hydrogen-bond acceptors (Lipinski definition) is 2. The van der Waals surface area contributed by atoms with Gasteiger partial charge in [0.1, 0.15) is 0 Å². The molecule has 0 aliphatic carbocycles. The van der Waals surface area contributed by atoms with Gasteiger partial charge in [0.25, 0.3) is 0 Å². The van der Waals surface area contributed by atoms with Crippen LogP contribution in [0, 0.1) is 13.8 Å². The molecule has 0 bridgehead atoms. The summed E-state index contributed by atoms with van der Waals surface area (Å²) in [6, 6.07) is 15.2. The number of hydrogen-bond donors (Lipinski definition) is 1. The second-order valence-corrected chi connectivity index (χ2v) is 6.02. The van der Waals surface area contributed by atoms with Crippen LogP contribution in [-0.2, 0) is 6.54 Å². The smallest absolute Gasteiger partial charge is 0.0481 e. The monoisotopic (exact) mass is 271 g/mol. The maximum Gasteiger partial charge on any atom is 0.0481 e. The summed E-state index contributed by atoms with van der Waals surface area (Å²) in [4.78, 5) is 1.33.